The first-order chi connectivity index (χ1) is 8.26. The van der Waals surface area contributed by atoms with Crippen molar-refractivity contribution < 1.29 is 4.74 Å². The monoisotopic (exact) mass is 236 g/mol. The van der Waals surface area contributed by atoms with Crippen LogP contribution in [0.15, 0.2) is 12.3 Å². The fourth-order valence-corrected chi connectivity index (χ4v) is 2.31. The molecule has 0 spiro atoms. The topological polar surface area (TPSA) is 64.3 Å². The Balaban J connectivity index is 2.17. The van der Waals surface area contributed by atoms with Crippen LogP contribution in [0.2, 0.25) is 0 Å². The van der Waals surface area contributed by atoms with E-state index in [-0.39, 0.29) is 6.10 Å². The van der Waals surface area contributed by atoms with E-state index < -0.39 is 0 Å². The Morgan fingerprint density at radius 2 is 2.41 bits per heavy atom. The Morgan fingerprint density at radius 1 is 1.59 bits per heavy atom. The Morgan fingerprint density at radius 3 is 3.12 bits per heavy atom. The fraction of sp³-hybridized carbons (Fsp3) is 0.667. The lowest BCUT2D eigenvalue weighted by molar-refractivity contribution is 0.0495. The van der Waals surface area contributed by atoms with Crippen molar-refractivity contribution in [2.24, 2.45) is 11.7 Å². The summed E-state index contributed by atoms with van der Waals surface area (Å²) < 4.78 is 5.51. The zero-order valence-corrected chi connectivity index (χ0v) is 10.5. The van der Waals surface area contributed by atoms with E-state index in [2.05, 4.69) is 22.0 Å². The summed E-state index contributed by atoms with van der Waals surface area (Å²) >= 11 is 0. The van der Waals surface area contributed by atoms with Crippen LogP contribution < -0.4 is 10.6 Å². The molecule has 0 amide bonds. The number of rotatable bonds is 3. The molecule has 1 aromatic heterocycles. The van der Waals surface area contributed by atoms with Crippen LogP contribution in [0, 0.1) is 5.92 Å². The van der Waals surface area contributed by atoms with Crippen molar-refractivity contribution in [2.45, 2.75) is 26.0 Å². The minimum Gasteiger partial charge on any atom is -0.379 e. The highest BCUT2D eigenvalue weighted by Gasteiger charge is 2.27. The third-order valence-electron chi connectivity index (χ3n) is 3.49. The summed E-state index contributed by atoms with van der Waals surface area (Å²) in [7, 11) is 1.77. The average Bonchev–Trinajstić information content (AvgIpc) is 2.39. The molecule has 17 heavy (non-hydrogen) atoms. The van der Waals surface area contributed by atoms with E-state index in [0.29, 0.717) is 12.5 Å². The van der Waals surface area contributed by atoms with Crippen molar-refractivity contribution in [1.82, 2.24) is 10.2 Å². The number of nitrogens with two attached hydrogens (primary N) is 1. The lowest BCUT2D eigenvalue weighted by atomic mass is 9.95. The van der Waals surface area contributed by atoms with E-state index in [0.717, 1.165) is 30.9 Å². The van der Waals surface area contributed by atoms with Gasteiger partial charge in [-0.25, -0.2) is 0 Å². The second kappa shape index (κ2) is 5.42. The molecule has 1 aliphatic heterocycles. The summed E-state index contributed by atoms with van der Waals surface area (Å²) in [5.41, 5.74) is 6.77. The predicted molar refractivity (Wildman–Crippen MR) is 66.7 cm³/mol. The van der Waals surface area contributed by atoms with E-state index >= 15 is 0 Å². The molecule has 5 heteroatoms. The Labute approximate surface area is 102 Å². The summed E-state index contributed by atoms with van der Waals surface area (Å²) in [5, 5.41) is 8.16. The van der Waals surface area contributed by atoms with Crippen molar-refractivity contribution in [1.29, 1.82) is 0 Å². The van der Waals surface area contributed by atoms with Crippen LogP contribution in [0.3, 0.4) is 0 Å². The molecule has 1 saturated heterocycles. The summed E-state index contributed by atoms with van der Waals surface area (Å²) in [6.45, 7) is 4.58. The van der Waals surface area contributed by atoms with Crippen molar-refractivity contribution in [3.05, 3.63) is 17.8 Å². The van der Waals surface area contributed by atoms with Crippen LogP contribution in [0.4, 0.5) is 5.82 Å². The van der Waals surface area contributed by atoms with Crippen molar-refractivity contribution >= 4 is 5.82 Å². The Bertz CT molecular complexity index is 371. The minimum absolute atomic E-state index is 0.261. The number of piperidine rings is 1. The van der Waals surface area contributed by atoms with Gasteiger partial charge >= 0.3 is 0 Å². The number of hydrogen-bond acceptors (Lipinski definition) is 5. The maximum Gasteiger partial charge on any atom is 0.155 e. The van der Waals surface area contributed by atoms with Crippen LogP contribution >= 0.6 is 0 Å². The SMILES string of the molecule is COC1CN(c2nnccc2CN)CCC1C. The van der Waals surface area contributed by atoms with Gasteiger partial charge in [-0.1, -0.05) is 6.92 Å². The van der Waals surface area contributed by atoms with Gasteiger partial charge in [-0.15, -0.1) is 5.10 Å². The van der Waals surface area contributed by atoms with E-state index in [1.807, 2.05) is 6.07 Å². The van der Waals surface area contributed by atoms with Gasteiger partial charge in [-0.2, -0.15) is 5.10 Å². The third-order valence-corrected chi connectivity index (χ3v) is 3.49. The number of aromatic nitrogens is 2. The van der Waals surface area contributed by atoms with Gasteiger partial charge in [0.15, 0.2) is 5.82 Å². The van der Waals surface area contributed by atoms with Crippen molar-refractivity contribution in [3.63, 3.8) is 0 Å². The third kappa shape index (κ3) is 2.56. The summed E-state index contributed by atoms with van der Waals surface area (Å²) in [5.74, 6) is 1.50. The fourth-order valence-electron chi connectivity index (χ4n) is 2.31. The van der Waals surface area contributed by atoms with E-state index in [9.17, 15) is 0 Å². The summed E-state index contributed by atoms with van der Waals surface area (Å²) in [6.07, 6.45) is 3.06. The number of hydrogen-bond donors (Lipinski definition) is 1. The van der Waals surface area contributed by atoms with Crippen LogP contribution in [0.1, 0.15) is 18.9 Å². The van der Waals surface area contributed by atoms with Crippen LogP contribution in [-0.2, 0) is 11.3 Å². The first-order valence-corrected chi connectivity index (χ1v) is 6.04. The van der Waals surface area contributed by atoms with Gasteiger partial charge in [-0.3, -0.25) is 0 Å². The molecule has 1 fully saturated rings. The predicted octanol–water partition coefficient (Wildman–Crippen LogP) is 0.796. The second-order valence-electron chi connectivity index (χ2n) is 4.57. The summed E-state index contributed by atoms with van der Waals surface area (Å²) in [4.78, 5) is 2.23. The molecule has 0 saturated carbocycles. The number of ether oxygens (including phenoxy) is 1. The molecule has 0 bridgehead atoms. The highest BCUT2D eigenvalue weighted by Crippen LogP contribution is 2.25. The molecule has 2 unspecified atom stereocenters. The number of methoxy groups -OCH3 is 1. The highest BCUT2D eigenvalue weighted by atomic mass is 16.5. The molecule has 2 heterocycles. The van der Waals surface area contributed by atoms with E-state index in [4.69, 9.17) is 10.5 Å². The Hall–Kier alpha value is -1.20. The average molecular weight is 236 g/mol. The van der Waals surface area contributed by atoms with Gasteiger partial charge in [0, 0.05) is 32.3 Å². The first-order valence-electron chi connectivity index (χ1n) is 6.04. The first kappa shape index (κ1) is 12.3. The van der Waals surface area contributed by atoms with Gasteiger partial charge in [-0.05, 0) is 18.4 Å². The van der Waals surface area contributed by atoms with Gasteiger partial charge < -0.3 is 15.4 Å². The molecule has 1 aliphatic rings. The van der Waals surface area contributed by atoms with Crippen molar-refractivity contribution in [3.8, 4) is 0 Å². The van der Waals surface area contributed by atoms with E-state index in [1.165, 1.54) is 0 Å². The maximum absolute atomic E-state index is 5.73. The number of nitrogens with zero attached hydrogens (tertiary/aromatic N) is 3. The molecular weight excluding hydrogens is 216 g/mol. The standard InChI is InChI=1S/C12H20N4O/c1-9-4-6-16(8-11(9)17-2)12-10(7-13)3-5-14-15-12/h3,5,9,11H,4,6-8,13H2,1-2H3. The van der Waals surface area contributed by atoms with Gasteiger partial charge in [0.25, 0.3) is 0 Å². The molecule has 1 aromatic rings. The molecule has 0 aliphatic carbocycles. The largest absolute Gasteiger partial charge is 0.379 e. The molecule has 94 valence electrons. The van der Waals surface area contributed by atoms with Gasteiger partial charge in [0.2, 0.25) is 0 Å². The minimum atomic E-state index is 0.261. The molecule has 2 atom stereocenters. The number of anilines is 1. The molecule has 5 nitrogen and oxygen atoms in total. The van der Waals surface area contributed by atoms with Gasteiger partial charge in [0.1, 0.15) is 0 Å². The lowest BCUT2D eigenvalue weighted by Gasteiger charge is -2.37. The molecular formula is C12H20N4O. The Kier molecular flexibility index (Phi) is 3.91. The molecule has 2 N–H and O–H groups in total. The second-order valence-corrected chi connectivity index (χ2v) is 4.57. The zero-order valence-electron chi connectivity index (χ0n) is 10.5. The van der Waals surface area contributed by atoms with Crippen LogP contribution in [0.5, 0.6) is 0 Å². The quantitative estimate of drug-likeness (QED) is 0.841. The van der Waals surface area contributed by atoms with Crippen molar-refractivity contribution in [2.75, 3.05) is 25.1 Å². The van der Waals surface area contributed by atoms with E-state index in [1.54, 1.807) is 13.3 Å². The highest BCUT2D eigenvalue weighted by molar-refractivity contribution is 5.46. The maximum atomic E-state index is 5.73. The van der Waals surface area contributed by atoms with Crippen LogP contribution in [-0.4, -0.2) is 36.5 Å². The molecule has 0 aromatic carbocycles. The van der Waals surface area contributed by atoms with Gasteiger partial charge in [0.05, 0.1) is 12.3 Å². The smallest absolute Gasteiger partial charge is 0.155 e. The zero-order chi connectivity index (χ0) is 12.3. The summed E-state index contributed by atoms with van der Waals surface area (Å²) in [6, 6.07) is 1.93. The molecule has 2 rings (SSSR count). The normalized spacial score (nSPS) is 25.0. The molecule has 0 radical (unpaired) electrons. The lowest BCUT2D eigenvalue weighted by Crippen LogP contribution is -2.44. The van der Waals surface area contributed by atoms with Crippen LogP contribution in [0.25, 0.3) is 0 Å².